The first-order chi connectivity index (χ1) is 9.74. The monoisotopic (exact) mass is 266 g/mol. The number of nitro benzene ring substituents is 1. The van der Waals surface area contributed by atoms with Gasteiger partial charge in [-0.25, -0.2) is 0 Å². The molecule has 3 rings (SSSR count). The Balaban J connectivity index is 1.99. The maximum absolute atomic E-state index is 11.0. The van der Waals surface area contributed by atoms with Gasteiger partial charge in [0.05, 0.1) is 16.0 Å². The Labute approximate surface area is 114 Å². The fourth-order valence-corrected chi connectivity index (χ4v) is 1.94. The molecule has 0 aliphatic heterocycles. The van der Waals surface area contributed by atoms with E-state index in [2.05, 4.69) is 15.3 Å². The molecule has 0 fully saturated rings. The van der Waals surface area contributed by atoms with Gasteiger partial charge >= 0.3 is 0 Å². The number of anilines is 2. The molecule has 0 bridgehead atoms. The third-order valence-corrected chi connectivity index (χ3v) is 2.85. The first-order valence-corrected chi connectivity index (χ1v) is 5.95. The Kier molecular flexibility index (Phi) is 2.96. The molecule has 0 atom stereocenters. The van der Waals surface area contributed by atoms with Gasteiger partial charge in [0, 0.05) is 24.1 Å². The zero-order chi connectivity index (χ0) is 13.9. The van der Waals surface area contributed by atoms with Crippen LogP contribution in [0, 0.1) is 10.1 Å². The van der Waals surface area contributed by atoms with Crippen LogP contribution in [0.15, 0.2) is 54.9 Å². The molecule has 1 aromatic heterocycles. The van der Waals surface area contributed by atoms with E-state index >= 15 is 0 Å². The van der Waals surface area contributed by atoms with Crippen molar-refractivity contribution in [2.24, 2.45) is 0 Å². The lowest BCUT2D eigenvalue weighted by Gasteiger charge is -2.07. The highest BCUT2D eigenvalue weighted by Gasteiger charge is 2.12. The second-order valence-electron chi connectivity index (χ2n) is 4.16. The normalized spacial score (nSPS) is 10.4. The summed E-state index contributed by atoms with van der Waals surface area (Å²) in [7, 11) is 0. The van der Waals surface area contributed by atoms with E-state index in [1.165, 1.54) is 6.07 Å². The summed E-state index contributed by atoms with van der Waals surface area (Å²) in [5, 5.41) is 14.0. The molecule has 3 aromatic rings. The summed E-state index contributed by atoms with van der Waals surface area (Å²) >= 11 is 0. The molecule has 0 radical (unpaired) electrons. The van der Waals surface area contributed by atoms with Crippen LogP contribution < -0.4 is 5.32 Å². The Bertz CT molecular complexity index is 789. The largest absolute Gasteiger partial charge is 0.350 e. The number of fused-ring (bicyclic) bond motifs is 1. The van der Waals surface area contributed by atoms with Gasteiger partial charge in [-0.2, -0.15) is 0 Å². The molecule has 98 valence electrons. The number of benzene rings is 2. The maximum Gasteiger partial charge on any atom is 0.292 e. The molecular weight excluding hydrogens is 256 g/mol. The minimum Gasteiger partial charge on any atom is -0.350 e. The van der Waals surface area contributed by atoms with Gasteiger partial charge in [-0.3, -0.25) is 20.1 Å². The van der Waals surface area contributed by atoms with Crippen LogP contribution in [0.2, 0.25) is 0 Å². The number of hydrogen-bond acceptors (Lipinski definition) is 5. The van der Waals surface area contributed by atoms with Crippen LogP contribution in [-0.2, 0) is 0 Å². The van der Waals surface area contributed by atoms with Gasteiger partial charge in [-0.15, -0.1) is 0 Å². The molecule has 0 aliphatic rings. The summed E-state index contributed by atoms with van der Waals surface area (Å²) in [5.74, 6) is 0. The van der Waals surface area contributed by atoms with Crippen LogP contribution in [0.5, 0.6) is 0 Å². The molecule has 6 heteroatoms. The van der Waals surface area contributed by atoms with E-state index in [4.69, 9.17) is 0 Å². The predicted molar refractivity (Wildman–Crippen MR) is 75.9 cm³/mol. The van der Waals surface area contributed by atoms with Crippen molar-refractivity contribution in [3.05, 3.63) is 65.0 Å². The third kappa shape index (κ3) is 2.26. The molecule has 0 saturated carbocycles. The van der Waals surface area contributed by atoms with Crippen LogP contribution in [0.25, 0.3) is 11.0 Å². The zero-order valence-corrected chi connectivity index (χ0v) is 10.4. The van der Waals surface area contributed by atoms with Crippen LogP contribution in [0.3, 0.4) is 0 Å². The Morgan fingerprint density at radius 1 is 1.00 bits per heavy atom. The number of para-hydroxylation sites is 2. The van der Waals surface area contributed by atoms with Crippen molar-refractivity contribution >= 4 is 28.1 Å². The lowest BCUT2D eigenvalue weighted by molar-refractivity contribution is -0.383. The van der Waals surface area contributed by atoms with Crippen molar-refractivity contribution in [3.63, 3.8) is 0 Å². The van der Waals surface area contributed by atoms with E-state index in [0.717, 1.165) is 16.7 Å². The van der Waals surface area contributed by atoms with Gasteiger partial charge in [0.25, 0.3) is 5.69 Å². The molecule has 0 amide bonds. The summed E-state index contributed by atoms with van der Waals surface area (Å²) in [5.41, 5.74) is 2.72. The number of nitrogens with one attached hydrogen (secondary N) is 1. The van der Waals surface area contributed by atoms with Crippen molar-refractivity contribution in [3.8, 4) is 0 Å². The van der Waals surface area contributed by atoms with Crippen LogP contribution in [-0.4, -0.2) is 14.9 Å². The lowest BCUT2D eigenvalue weighted by atomic mass is 10.2. The Morgan fingerprint density at radius 3 is 2.55 bits per heavy atom. The summed E-state index contributed by atoms with van der Waals surface area (Å²) < 4.78 is 0. The fraction of sp³-hybridized carbons (Fsp3) is 0. The highest BCUT2D eigenvalue weighted by molar-refractivity contribution is 5.80. The van der Waals surface area contributed by atoms with Crippen molar-refractivity contribution in [1.29, 1.82) is 0 Å². The average molecular weight is 266 g/mol. The van der Waals surface area contributed by atoms with E-state index in [1.807, 2.05) is 12.1 Å². The second-order valence-corrected chi connectivity index (χ2v) is 4.16. The Hall–Kier alpha value is -3.02. The van der Waals surface area contributed by atoms with Gasteiger partial charge in [0.2, 0.25) is 0 Å². The summed E-state index contributed by atoms with van der Waals surface area (Å²) in [6.07, 6.45) is 3.23. The standard InChI is InChI=1S/C14H10N4O2/c19-18(20)14-4-2-1-3-12(14)17-10-5-6-11-13(9-10)16-8-7-15-11/h1-9,17H. The molecule has 20 heavy (non-hydrogen) atoms. The smallest absolute Gasteiger partial charge is 0.292 e. The molecule has 1 N–H and O–H groups in total. The topological polar surface area (TPSA) is 81.0 Å². The second kappa shape index (κ2) is 4.93. The molecule has 1 heterocycles. The quantitative estimate of drug-likeness (QED) is 0.581. The SMILES string of the molecule is O=[N+]([O-])c1ccccc1Nc1ccc2nccnc2c1. The summed E-state index contributed by atoms with van der Waals surface area (Å²) in [6.45, 7) is 0. The molecule has 0 saturated heterocycles. The van der Waals surface area contributed by atoms with Crippen molar-refractivity contribution in [2.45, 2.75) is 0 Å². The van der Waals surface area contributed by atoms with E-state index in [0.29, 0.717) is 5.69 Å². The van der Waals surface area contributed by atoms with Crippen molar-refractivity contribution in [2.75, 3.05) is 5.32 Å². The lowest BCUT2D eigenvalue weighted by Crippen LogP contribution is -1.96. The van der Waals surface area contributed by atoms with E-state index in [1.54, 1.807) is 36.7 Å². The van der Waals surface area contributed by atoms with Gasteiger partial charge in [0.15, 0.2) is 0 Å². The highest BCUT2D eigenvalue weighted by Crippen LogP contribution is 2.27. The summed E-state index contributed by atoms with van der Waals surface area (Å²) in [4.78, 5) is 18.9. The minimum absolute atomic E-state index is 0.0340. The molecule has 6 nitrogen and oxygen atoms in total. The molecular formula is C14H10N4O2. The average Bonchev–Trinajstić information content (AvgIpc) is 2.47. The first-order valence-electron chi connectivity index (χ1n) is 5.95. The zero-order valence-electron chi connectivity index (χ0n) is 10.4. The van der Waals surface area contributed by atoms with Crippen LogP contribution in [0.1, 0.15) is 0 Å². The fourth-order valence-electron chi connectivity index (χ4n) is 1.94. The molecule has 0 unspecified atom stereocenters. The molecule has 2 aromatic carbocycles. The van der Waals surface area contributed by atoms with Gasteiger partial charge in [-0.05, 0) is 24.3 Å². The van der Waals surface area contributed by atoms with Crippen molar-refractivity contribution in [1.82, 2.24) is 9.97 Å². The van der Waals surface area contributed by atoms with E-state index in [9.17, 15) is 10.1 Å². The highest BCUT2D eigenvalue weighted by atomic mass is 16.6. The van der Waals surface area contributed by atoms with Gasteiger partial charge in [-0.1, -0.05) is 12.1 Å². The number of aromatic nitrogens is 2. The number of rotatable bonds is 3. The van der Waals surface area contributed by atoms with Gasteiger partial charge in [0.1, 0.15) is 5.69 Å². The van der Waals surface area contributed by atoms with E-state index < -0.39 is 4.92 Å². The van der Waals surface area contributed by atoms with Gasteiger partial charge < -0.3 is 5.32 Å². The van der Waals surface area contributed by atoms with Crippen LogP contribution in [0.4, 0.5) is 17.1 Å². The maximum atomic E-state index is 11.0. The predicted octanol–water partition coefficient (Wildman–Crippen LogP) is 3.28. The number of nitro groups is 1. The van der Waals surface area contributed by atoms with E-state index in [-0.39, 0.29) is 5.69 Å². The number of nitrogens with zero attached hydrogens (tertiary/aromatic N) is 3. The third-order valence-electron chi connectivity index (χ3n) is 2.85. The minimum atomic E-state index is -0.414. The molecule has 0 aliphatic carbocycles. The van der Waals surface area contributed by atoms with Crippen LogP contribution >= 0.6 is 0 Å². The van der Waals surface area contributed by atoms with Crippen molar-refractivity contribution < 1.29 is 4.92 Å². The first kappa shape index (κ1) is 12.0. The Morgan fingerprint density at radius 2 is 1.75 bits per heavy atom. The molecule has 0 spiro atoms. The number of hydrogen-bond donors (Lipinski definition) is 1. The summed E-state index contributed by atoms with van der Waals surface area (Å²) in [6, 6.07) is 11.9.